The number of hydrogen-bond donors (Lipinski definition) is 2. The largest absolute Gasteiger partial charge is 0.495 e. The van der Waals surface area contributed by atoms with E-state index in [1.165, 1.54) is 19.2 Å². The van der Waals surface area contributed by atoms with Crippen LogP contribution in [-0.4, -0.2) is 21.4 Å². The van der Waals surface area contributed by atoms with Crippen molar-refractivity contribution < 1.29 is 17.9 Å². The molecule has 0 spiro atoms. The third kappa shape index (κ3) is 3.46. The van der Waals surface area contributed by atoms with Gasteiger partial charge in [0.25, 0.3) is 15.9 Å². The van der Waals surface area contributed by atoms with Gasteiger partial charge in [0.2, 0.25) is 0 Å². The Balaban J connectivity index is 2.05. The Bertz CT molecular complexity index is 923. The molecule has 0 radical (unpaired) electrons. The number of anilines is 1. The first-order valence-corrected chi connectivity index (χ1v) is 9.52. The molecule has 0 atom stereocenters. The average molecular weight is 360 g/mol. The summed E-state index contributed by atoms with van der Waals surface area (Å²) in [7, 11) is -2.48. The molecule has 2 aromatic rings. The number of carbonyl (C=O) groups excluding carboxylic acids is 1. The SMILES string of the molecule is COc1cc2c(cc1S(=O)(=O)Nc1ccccc1C(N)=O)CCCC2. The van der Waals surface area contributed by atoms with E-state index in [1.807, 2.05) is 0 Å². The molecule has 3 N–H and O–H groups in total. The monoisotopic (exact) mass is 360 g/mol. The number of amides is 1. The van der Waals surface area contributed by atoms with Crippen molar-refractivity contribution in [3.05, 3.63) is 53.1 Å². The smallest absolute Gasteiger partial charge is 0.265 e. The number of methoxy groups -OCH3 is 1. The molecular formula is C18H20N2O4S. The highest BCUT2D eigenvalue weighted by molar-refractivity contribution is 7.92. The molecule has 7 heteroatoms. The van der Waals surface area contributed by atoms with E-state index in [-0.39, 0.29) is 16.1 Å². The molecule has 0 unspecified atom stereocenters. The van der Waals surface area contributed by atoms with Crippen LogP contribution in [0.5, 0.6) is 5.75 Å². The molecule has 0 heterocycles. The number of carbonyl (C=O) groups is 1. The van der Waals surface area contributed by atoms with E-state index in [0.717, 1.165) is 36.8 Å². The number of aryl methyl sites for hydroxylation is 2. The fourth-order valence-corrected chi connectivity index (χ4v) is 4.38. The molecule has 25 heavy (non-hydrogen) atoms. The van der Waals surface area contributed by atoms with E-state index in [1.54, 1.807) is 24.3 Å². The zero-order chi connectivity index (χ0) is 18.0. The molecule has 1 amide bonds. The van der Waals surface area contributed by atoms with E-state index in [9.17, 15) is 13.2 Å². The molecule has 0 saturated heterocycles. The summed E-state index contributed by atoms with van der Waals surface area (Å²) in [6.07, 6.45) is 3.90. The quantitative estimate of drug-likeness (QED) is 0.856. The average Bonchev–Trinajstić information content (AvgIpc) is 2.60. The lowest BCUT2D eigenvalue weighted by molar-refractivity contribution is 0.100. The fourth-order valence-electron chi connectivity index (χ4n) is 3.10. The number of sulfonamides is 1. The van der Waals surface area contributed by atoms with E-state index in [2.05, 4.69) is 4.72 Å². The van der Waals surface area contributed by atoms with E-state index in [4.69, 9.17) is 10.5 Å². The van der Waals surface area contributed by atoms with Gasteiger partial charge in [-0.15, -0.1) is 0 Å². The maximum atomic E-state index is 12.9. The van der Waals surface area contributed by atoms with Gasteiger partial charge < -0.3 is 10.5 Å². The van der Waals surface area contributed by atoms with Crippen molar-refractivity contribution in [2.24, 2.45) is 5.73 Å². The van der Waals surface area contributed by atoms with E-state index < -0.39 is 15.9 Å². The lowest BCUT2D eigenvalue weighted by atomic mass is 9.92. The third-order valence-electron chi connectivity index (χ3n) is 4.35. The first-order valence-electron chi connectivity index (χ1n) is 8.04. The molecule has 0 bridgehead atoms. The van der Waals surface area contributed by atoms with E-state index >= 15 is 0 Å². The number of primary amides is 1. The lowest BCUT2D eigenvalue weighted by Gasteiger charge is -2.20. The van der Waals surface area contributed by atoms with Crippen LogP contribution >= 0.6 is 0 Å². The minimum atomic E-state index is -3.93. The number of fused-ring (bicyclic) bond motifs is 1. The molecule has 0 fully saturated rings. The molecule has 1 aliphatic rings. The topological polar surface area (TPSA) is 98.5 Å². The van der Waals surface area contributed by atoms with Gasteiger partial charge in [0.05, 0.1) is 18.4 Å². The minimum Gasteiger partial charge on any atom is -0.495 e. The van der Waals surface area contributed by atoms with E-state index in [0.29, 0.717) is 5.75 Å². The Labute approximate surface area is 147 Å². The summed E-state index contributed by atoms with van der Waals surface area (Å²) in [5.74, 6) is -0.402. The number of hydrogen-bond acceptors (Lipinski definition) is 4. The maximum absolute atomic E-state index is 12.9. The van der Waals surface area contributed by atoms with Gasteiger partial charge in [0.1, 0.15) is 10.6 Å². The summed E-state index contributed by atoms with van der Waals surface area (Å²) in [4.78, 5) is 11.6. The summed E-state index contributed by atoms with van der Waals surface area (Å²) in [6.45, 7) is 0. The number of ether oxygens (including phenoxy) is 1. The standard InChI is InChI=1S/C18H20N2O4S/c1-24-16-10-12-6-2-3-7-13(12)11-17(16)25(22,23)20-15-9-5-4-8-14(15)18(19)21/h4-5,8-11,20H,2-3,6-7H2,1H3,(H2,19,21). The van der Waals surface area contributed by atoms with Gasteiger partial charge in [-0.3, -0.25) is 9.52 Å². The first kappa shape index (κ1) is 17.3. The van der Waals surface area contributed by atoms with Gasteiger partial charge in [-0.05, 0) is 61.1 Å². The fraction of sp³-hybridized carbons (Fsp3) is 0.278. The predicted octanol–water partition coefficient (Wildman–Crippen LogP) is 2.47. The van der Waals surface area contributed by atoms with Gasteiger partial charge in [-0.1, -0.05) is 12.1 Å². The summed E-state index contributed by atoms with van der Waals surface area (Å²) < 4.78 is 33.6. The van der Waals surface area contributed by atoms with Gasteiger partial charge in [0.15, 0.2) is 0 Å². The molecular weight excluding hydrogens is 340 g/mol. The second-order valence-electron chi connectivity index (χ2n) is 5.99. The van der Waals surface area contributed by atoms with Crippen LogP contribution < -0.4 is 15.2 Å². The normalized spacial score (nSPS) is 13.8. The molecule has 2 aromatic carbocycles. The summed E-state index contributed by atoms with van der Waals surface area (Å²) in [6, 6.07) is 9.70. The molecule has 3 rings (SSSR count). The maximum Gasteiger partial charge on any atom is 0.265 e. The van der Waals surface area contributed by atoms with Crippen LogP contribution in [0.25, 0.3) is 0 Å². The predicted molar refractivity (Wildman–Crippen MR) is 95.4 cm³/mol. The number of benzene rings is 2. The van der Waals surface area contributed by atoms with Crippen LogP contribution in [0, 0.1) is 0 Å². The van der Waals surface area contributed by atoms with Crippen LogP contribution in [-0.2, 0) is 22.9 Å². The zero-order valence-corrected chi connectivity index (χ0v) is 14.7. The highest BCUT2D eigenvalue weighted by Crippen LogP contribution is 2.33. The number of para-hydroxylation sites is 1. The Morgan fingerprint density at radius 2 is 1.76 bits per heavy atom. The molecule has 1 aliphatic carbocycles. The first-order chi connectivity index (χ1) is 11.9. The number of rotatable bonds is 5. The van der Waals surface area contributed by atoms with Crippen molar-refractivity contribution in [3.8, 4) is 5.75 Å². The molecule has 0 saturated carbocycles. The zero-order valence-electron chi connectivity index (χ0n) is 13.9. The Hall–Kier alpha value is -2.54. The molecule has 132 valence electrons. The van der Waals surface area contributed by atoms with Crippen LogP contribution in [0.15, 0.2) is 41.3 Å². The summed E-state index contributed by atoms with van der Waals surface area (Å²) in [5.41, 5.74) is 7.73. The Kier molecular flexibility index (Phi) is 4.67. The highest BCUT2D eigenvalue weighted by Gasteiger charge is 2.24. The van der Waals surface area contributed by atoms with Gasteiger partial charge in [0, 0.05) is 0 Å². The Morgan fingerprint density at radius 1 is 1.12 bits per heavy atom. The second kappa shape index (κ2) is 6.76. The van der Waals surface area contributed by atoms with Crippen LogP contribution in [0.3, 0.4) is 0 Å². The molecule has 0 aliphatic heterocycles. The number of nitrogens with two attached hydrogens (primary N) is 1. The van der Waals surface area contributed by atoms with Crippen LogP contribution in [0.1, 0.15) is 34.3 Å². The minimum absolute atomic E-state index is 0.0647. The number of nitrogens with one attached hydrogen (secondary N) is 1. The second-order valence-corrected chi connectivity index (χ2v) is 7.65. The van der Waals surface area contributed by atoms with Crippen molar-refractivity contribution >= 4 is 21.6 Å². The van der Waals surface area contributed by atoms with Gasteiger partial charge in [-0.25, -0.2) is 8.42 Å². The van der Waals surface area contributed by atoms with Crippen molar-refractivity contribution in [1.82, 2.24) is 0 Å². The van der Waals surface area contributed by atoms with Gasteiger partial charge >= 0.3 is 0 Å². The van der Waals surface area contributed by atoms with Crippen molar-refractivity contribution in [1.29, 1.82) is 0 Å². The summed E-state index contributed by atoms with van der Waals surface area (Å²) >= 11 is 0. The molecule has 0 aromatic heterocycles. The lowest BCUT2D eigenvalue weighted by Crippen LogP contribution is -2.19. The van der Waals surface area contributed by atoms with Crippen molar-refractivity contribution in [3.63, 3.8) is 0 Å². The molecule has 6 nitrogen and oxygen atoms in total. The third-order valence-corrected chi connectivity index (χ3v) is 5.74. The van der Waals surface area contributed by atoms with Crippen LogP contribution in [0.2, 0.25) is 0 Å². The van der Waals surface area contributed by atoms with Crippen molar-refractivity contribution in [2.45, 2.75) is 30.6 Å². The van der Waals surface area contributed by atoms with Gasteiger partial charge in [-0.2, -0.15) is 0 Å². The summed E-state index contributed by atoms with van der Waals surface area (Å²) in [5, 5.41) is 0. The van der Waals surface area contributed by atoms with Crippen LogP contribution in [0.4, 0.5) is 5.69 Å². The van der Waals surface area contributed by atoms with Crippen molar-refractivity contribution in [2.75, 3.05) is 11.8 Å². The highest BCUT2D eigenvalue weighted by atomic mass is 32.2. The Morgan fingerprint density at radius 3 is 2.40 bits per heavy atom.